The third kappa shape index (κ3) is 2.84. The van der Waals surface area contributed by atoms with Crippen LogP contribution in [0.25, 0.3) is 0 Å². The second kappa shape index (κ2) is 7.00. The van der Waals surface area contributed by atoms with E-state index in [9.17, 15) is 18.0 Å². The van der Waals surface area contributed by atoms with Gasteiger partial charge in [-0.25, -0.2) is 8.42 Å². The van der Waals surface area contributed by atoms with Gasteiger partial charge in [-0.05, 0) is 5.56 Å². The van der Waals surface area contributed by atoms with Gasteiger partial charge >= 0.3 is 0 Å². The minimum absolute atomic E-state index is 0.107. The van der Waals surface area contributed by atoms with E-state index in [2.05, 4.69) is 0 Å². The first-order chi connectivity index (χ1) is 14.3. The summed E-state index contributed by atoms with van der Waals surface area (Å²) in [7, 11) is -2.86. The van der Waals surface area contributed by atoms with E-state index in [1.165, 1.54) is 19.2 Å². The lowest BCUT2D eigenvalue weighted by molar-refractivity contribution is 0.0977. The second-order valence-electron chi connectivity index (χ2n) is 6.89. The molecule has 0 heterocycles. The molecule has 1 aliphatic carbocycles. The predicted octanol–water partition coefficient (Wildman–Crippen LogP) is 2.61. The highest BCUT2D eigenvalue weighted by molar-refractivity contribution is 7.91. The smallest absolute Gasteiger partial charge is 0.196 e. The number of rotatable bonds is 4. The van der Waals surface area contributed by atoms with Gasteiger partial charge in [0.1, 0.15) is 4.90 Å². The van der Waals surface area contributed by atoms with Gasteiger partial charge in [0.2, 0.25) is 0 Å². The van der Waals surface area contributed by atoms with E-state index in [1.807, 2.05) is 0 Å². The summed E-state index contributed by atoms with van der Waals surface area (Å²) >= 11 is 0. The summed E-state index contributed by atoms with van der Waals surface area (Å²) in [6.45, 7) is 0. The van der Waals surface area contributed by atoms with Gasteiger partial charge in [-0.1, -0.05) is 54.6 Å². The molecule has 0 saturated heterocycles. The van der Waals surface area contributed by atoms with Crippen molar-refractivity contribution in [3.8, 4) is 5.75 Å². The lowest BCUT2D eigenvalue weighted by Crippen LogP contribution is -2.27. The maximum absolute atomic E-state index is 13.4. The van der Waals surface area contributed by atoms with Crippen LogP contribution >= 0.6 is 0 Å². The van der Waals surface area contributed by atoms with Crippen LogP contribution in [0.15, 0.2) is 59.5 Å². The molecule has 1 aliphatic rings. The molecule has 4 N–H and O–H groups in total. The van der Waals surface area contributed by atoms with Gasteiger partial charge in [0.05, 0.1) is 35.4 Å². The highest BCUT2D eigenvalue weighted by atomic mass is 32.2. The summed E-state index contributed by atoms with van der Waals surface area (Å²) in [6, 6.07) is 14.7. The molecule has 0 spiro atoms. The Labute approximate surface area is 173 Å². The summed E-state index contributed by atoms with van der Waals surface area (Å²) in [5.41, 5.74) is 12.1. The Kier molecular flexibility index (Phi) is 4.58. The van der Waals surface area contributed by atoms with Crippen molar-refractivity contribution in [2.75, 3.05) is 18.6 Å². The van der Waals surface area contributed by atoms with Crippen LogP contribution in [0.5, 0.6) is 5.75 Å². The summed E-state index contributed by atoms with van der Waals surface area (Å²) < 4.78 is 32.0. The largest absolute Gasteiger partial charge is 0.492 e. The van der Waals surface area contributed by atoms with Crippen LogP contribution in [-0.4, -0.2) is 27.1 Å². The van der Waals surface area contributed by atoms with E-state index in [-0.39, 0.29) is 39.4 Å². The van der Waals surface area contributed by atoms with Crippen LogP contribution in [0.2, 0.25) is 0 Å². The number of fused-ring (bicyclic) bond motifs is 2. The second-order valence-corrected chi connectivity index (χ2v) is 8.81. The lowest BCUT2D eigenvalue weighted by Gasteiger charge is -2.25. The zero-order valence-electron chi connectivity index (χ0n) is 16.0. The lowest BCUT2D eigenvalue weighted by atomic mass is 9.82. The van der Waals surface area contributed by atoms with Crippen LogP contribution in [0.1, 0.15) is 37.4 Å². The van der Waals surface area contributed by atoms with Crippen LogP contribution in [0.3, 0.4) is 0 Å². The van der Waals surface area contributed by atoms with Crippen molar-refractivity contribution in [1.82, 2.24) is 0 Å². The highest BCUT2D eigenvalue weighted by Crippen LogP contribution is 2.45. The first kappa shape index (κ1) is 19.7. The van der Waals surface area contributed by atoms with Gasteiger partial charge in [0.25, 0.3) is 0 Å². The van der Waals surface area contributed by atoms with Gasteiger partial charge in [-0.2, -0.15) is 0 Å². The SMILES string of the molecule is COc1c(N)c2c(c(S(=O)(=O)Cc3ccccc3)c1N)C(=O)c1ccccc1C2=O. The summed E-state index contributed by atoms with van der Waals surface area (Å²) in [5, 5.41) is 0. The summed E-state index contributed by atoms with van der Waals surface area (Å²) in [4.78, 5) is 26.0. The fourth-order valence-electron chi connectivity index (χ4n) is 3.75. The van der Waals surface area contributed by atoms with E-state index in [1.54, 1.807) is 42.5 Å². The molecule has 0 fully saturated rings. The van der Waals surface area contributed by atoms with E-state index < -0.39 is 32.1 Å². The third-order valence-corrected chi connectivity index (χ3v) is 6.82. The number of hydrogen-bond acceptors (Lipinski definition) is 7. The molecule has 0 amide bonds. The van der Waals surface area contributed by atoms with Crippen molar-refractivity contribution in [3.63, 3.8) is 0 Å². The number of nitrogens with two attached hydrogens (primary N) is 2. The summed E-state index contributed by atoms with van der Waals surface area (Å²) in [5.74, 6) is -1.71. The van der Waals surface area contributed by atoms with Crippen LogP contribution in [0.4, 0.5) is 11.4 Å². The monoisotopic (exact) mass is 422 g/mol. The van der Waals surface area contributed by atoms with E-state index in [4.69, 9.17) is 16.2 Å². The zero-order valence-corrected chi connectivity index (χ0v) is 16.8. The number of carbonyl (C=O) groups is 2. The molecule has 3 aromatic carbocycles. The Morgan fingerprint density at radius 2 is 1.33 bits per heavy atom. The maximum Gasteiger partial charge on any atom is 0.196 e. The number of anilines is 2. The van der Waals surface area contributed by atoms with E-state index in [0.29, 0.717) is 5.56 Å². The van der Waals surface area contributed by atoms with Crippen LogP contribution in [-0.2, 0) is 15.6 Å². The average molecular weight is 422 g/mol. The molecule has 7 nitrogen and oxygen atoms in total. The Hall–Kier alpha value is -3.65. The molecule has 0 aliphatic heterocycles. The number of methoxy groups -OCH3 is 1. The number of nitrogen functional groups attached to an aromatic ring is 2. The molecule has 0 unspecified atom stereocenters. The minimum atomic E-state index is -4.13. The standard InChI is InChI=1S/C22H18N2O5S/c1-29-21-17(23)15-16(20(26)14-10-6-5-9-13(14)19(15)25)22(18(21)24)30(27,28)11-12-7-3-2-4-8-12/h2-10H,11,23-24H2,1H3. The van der Waals surface area contributed by atoms with Crippen molar-refractivity contribution in [2.24, 2.45) is 0 Å². The van der Waals surface area contributed by atoms with Crippen molar-refractivity contribution in [2.45, 2.75) is 10.6 Å². The van der Waals surface area contributed by atoms with Gasteiger partial charge in [-0.15, -0.1) is 0 Å². The molecular formula is C22H18N2O5S. The molecule has 30 heavy (non-hydrogen) atoms. The summed E-state index contributed by atoms with van der Waals surface area (Å²) in [6.07, 6.45) is 0. The minimum Gasteiger partial charge on any atom is -0.492 e. The predicted molar refractivity (Wildman–Crippen MR) is 112 cm³/mol. The van der Waals surface area contributed by atoms with E-state index >= 15 is 0 Å². The number of benzene rings is 3. The van der Waals surface area contributed by atoms with Crippen molar-refractivity contribution < 1.29 is 22.7 Å². The number of ketones is 2. The molecule has 0 bridgehead atoms. The van der Waals surface area contributed by atoms with Gasteiger partial charge in [0.15, 0.2) is 27.2 Å². The number of carbonyl (C=O) groups excluding carboxylic acids is 2. The molecule has 0 saturated carbocycles. The molecular weight excluding hydrogens is 404 g/mol. The van der Waals surface area contributed by atoms with Crippen molar-refractivity contribution >= 4 is 32.8 Å². The van der Waals surface area contributed by atoms with E-state index in [0.717, 1.165) is 0 Å². The molecule has 152 valence electrons. The molecule has 0 atom stereocenters. The van der Waals surface area contributed by atoms with Crippen LogP contribution < -0.4 is 16.2 Å². The van der Waals surface area contributed by atoms with Crippen molar-refractivity contribution in [3.05, 3.63) is 82.4 Å². The Balaban J connectivity index is 2.05. The van der Waals surface area contributed by atoms with Gasteiger partial charge in [0, 0.05) is 11.1 Å². The zero-order chi connectivity index (χ0) is 21.6. The number of hydrogen-bond donors (Lipinski definition) is 2. The molecule has 0 aromatic heterocycles. The fraction of sp³-hybridized carbons (Fsp3) is 0.0909. The van der Waals surface area contributed by atoms with Crippen molar-refractivity contribution in [1.29, 1.82) is 0 Å². The number of ether oxygens (including phenoxy) is 1. The normalized spacial score (nSPS) is 13.0. The third-order valence-electron chi connectivity index (χ3n) is 5.07. The Morgan fingerprint density at radius 3 is 1.90 bits per heavy atom. The Bertz CT molecular complexity index is 1320. The average Bonchev–Trinajstić information content (AvgIpc) is 2.72. The Morgan fingerprint density at radius 1 is 0.800 bits per heavy atom. The van der Waals surface area contributed by atoms with Gasteiger partial charge < -0.3 is 16.2 Å². The molecule has 8 heteroatoms. The highest BCUT2D eigenvalue weighted by Gasteiger charge is 2.40. The fourth-order valence-corrected chi connectivity index (χ4v) is 5.46. The first-order valence-corrected chi connectivity index (χ1v) is 10.7. The van der Waals surface area contributed by atoms with Gasteiger partial charge in [-0.3, -0.25) is 9.59 Å². The first-order valence-electron chi connectivity index (χ1n) is 9.02. The topological polar surface area (TPSA) is 130 Å². The molecule has 4 rings (SSSR count). The maximum atomic E-state index is 13.4. The quantitative estimate of drug-likeness (QED) is 0.484. The number of sulfone groups is 1. The molecule has 0 radical (unpaired) electrons. The van der Waals surface area contributed by atoms with Crippen LogP contribution in [0, 0.1) is 0 Å². The molecule has 3 aromatic rings.